The molecule has 0 amide bonds. The molecule has 1 aliphatic heterocycles. The largest absolute Gasteiger partial charge is 0.381 e. The Balaban J connectivity index is 1.72. The minimum absolute atomic E-state index is 0.440. The maximum absolute atomic E-state index is 5.39. The molecule has 1 aliphatic rings. The molecule has 0 spiro atoms. The number of rotatable bonds is 4. The second-order valence-electron chi connectivity index (χ2n) is 4.61. The normalized spacial score (nSPS) is 20.3. The van der Waals surface area contributed by atoms with E-state index in [4.69, 9.17) is 4.74 Å². The number of ether oxygens (including phenoxy) is 1. The third kappa shape index (κ3) is 3.30. The van der Waals surface area contributed by atoms with Gasteiger partial charge >= 0.3 is 0 Å². The second-order valence-corrected chi connectivity index (χ2v) is 5.64. The third-order valence-electron chi connectivity index (χ3n) is 3.13. The van der Waals surface area contributed by atoms with Crippen LogP contribution in [0.4, 0.5) is 0 Å². The smallest absolute Gasteiger partial charge is 0.0471 e. The predicted octanol–water partition coefficient (Wildman–Crippen LogP) is 2.65. The lowest BCUT2D eigenvalue weighted by atomic mass is 9.82. The summed E-state index contributed by atoms with van der Waals surface area (Å²) in [5.41, 5.74) is 0.440. The van der Waals surface area contributed by atoms with Crippen LogP contribution in [0.2, 0.25) is 0 Å². The Morgan fingerprint density at radius 1 is 1.47 bits per heavy atom. The minimum Gasteiger partial charge on any atom is -0.381 e. The quantitative estimate of drug-likeness (QED) is 0.850. The van der Waals surface area contributed by atoms with Gasteiger partial charge in [0.25, 0.3) is 0 Å². The van der Waals surface area contributed by atoms with Crippen molar-refractivity contribution in [2.75, 3.05) is 19.8 Å². The van der Waals surface area contributed by atoms with Crippen LogP contribution in [0.3, 0.4) is 0 Å². The summed E-state index contributed by atoms with van der Waals surface area (Å²) in [6, 6.07) is 4.29. The molecule has 3 heteroatoms. The topological polar surface area (TPSA) is 21.3 Å². The Kier molecular flexibility index (Phi) is 3.78. The van der Waals surface area contributed by atoms with Gasteiger partial charge in [0.1, 0.15) is 0 Å². The van der Waals surface area contributed by atoms with Gasteiger partial charge in [-0.25, -0.2) is 0 Å². The molecule has 0 aromatic carbocycles. The Labute approximate surface area is 95.6 Å². The molecule has 1 fully saturated rings. The molecule has 2 rings (SSSR count). The van der Waals surface area contributed by atoms with Gasteiger partial charge in [-0.3, -0.25) is 0 Å². The van der Waals surface area contributed by atoms with Crippen LogP contribution in [-0.4, -0.2) is 19.8 Å². The fraction of sp³-hybridized carbons (Fsp3) is 0.667. The van der Waals surface area contributed by atoms with Crippen molar-refractivity contribution in [1.29, 1.82) is 0 Å². The zero-order valence-corrected chi connectivity index (χ0v) is 10.1. The lowest BCUT2D eigenvalue weighted by molar-refractivity contribution is 0.0240. The van der Waals surface area contributed by atoms with Gasteiger partial charge in [0, 0.05) is 31.2 Å². The van der Waals surface area contributed by atoms with Crippen molar-refractivity contribution in [3.8, 4) is 0 Å². The Morgan fingerprint density at radius 2 is 2.27 bits per heavy atom. The van der Waals surface area contributed by atoms with Crippen LogP contribution in [-0.2, 0) is 11.3 Å². The van der Waals surface area contributed by atoms with Crippen molar-refractivity contribution in [2.24, 2.45) is 5.41 Å². The van der Waals surface area contributed by atoms with E-state index < -0.39 is 0 Å². The van der Waals surface area contributed by atoms with E-state index in [-0.39, 0.29) is 0 Å². The van der Waals surface area contributed by atoms with Gasteiger partial charge in [0.05, 0.1) is 0 Å². The average molecular weight is 225 g/mol. The Bertz CT molecular complexity index is 278. The van der Waals surface area contributed by atoms with Gasteiger partial charge in [-0.05, 0) is 29.7 Å². The molecule has 1 aromatic heterocycles. The molecule has 1 saturated heterocycles. The average Bonchev–Trinajstić information content (AvgIpc) is 2.71. The van der Waals surface area contributed by atoms with Gasteiger partial charge in [-0.15, -0.1) is 11.3 Å². The Morgan fingerprint density at radius 3 is 2.93 bits per heavy atom. The van der Waals surface area contributed by atoms with Crippen LogP contribution >= 0.6 is 11.3 Å². The molecular weight excluding hydrogens is 206 g/mol. The second kappa shape index (κ2) is 5.10. The van der Waals surface area contributed by atoms with Gasteiger partial charge in [-0.2, -0.15) is 0 Å². The van der Waals surface area contributed by atoms with Gasteiger partial charge in [-0.1, -0.05) is 13.0 Å². The van der Waals surface area contributed by atoms with Crippen molar-refractivity contribution >= 4 is 11.3 Å². The first-order chi connectivity index (χ1) is 7.29. The summed E-state index contributed by atoms with van der Waals surface area (Å²) in [5, 5.41) is 5.68. The van der Waals surface area contributed by atoms with Crippen molar-refractivity contribution in [3.05, 3.63) is 22.4 Å². The van der Waals surface area contributed by atoms with Gasteiger partial charge in [0.2, 0.25) is 0 Å². The summed E-state index contributed by atoms with van der Waals surface area (Å²) in [7, 11) is 0. The lowest BCUT2D eigenvalue weighted by Crippen LogP contribution is -2.36. The maximum Gasteiger partial charge on any atom is 0.0471 e. The van der Waals surface area contributed by atoms with Crippen LogP contribution in [0.25, 0.3) is 0 Å². The third-order valence-corrected chi connectivity index (χ3v) is 4.01. The van der Waals surface area contributed by atoms with E-state index in [9.17, 15) is 0 Å². The van der Waals surface area contributed by atoms with E-state index in [1.165, 1.54) is 17.7 Å². The fourth-order valence-corrected chi connectivity index (χ4v) is 2.62. The predicted molar refractivity (Wildman–Crippen MR) is 64.2 cm³/mol. The number of nitrogens with one attached hydrogen (secondary N) is 1. The van der Waals surface area contributed by atoms with Crippen molar-refractivity contribution < 1.29 is 4.74 Å². The molecule has 2 heterocycles. The minimum atomic E-state index is 0.440. The summed E-state index contributed by atoms with van der Waals surface area (Å²) in [5.74, 6) is 0. The van der Waals surface area contributed by atoms with E-state index in [0.29, 0.717) is 5.41 Å². The number of thiophene rings is 1. The molecule has 0 atom stereocenters. The number of hydrogen-bond acceptors (Lipinski definition) is 3. The highest BCUT2D eigenvalue weighted by molar-refractivity contribution is 7.09. The zero-order chi connectivity index (χ0) is 10.6. The standard InChI is InChI=1S/C12H19NOS/c1-12(4-6-14-7-5-12)10-13-9-11-3-2-8-15-11/h2-3,8,13H,4-7,9-10H2,1H3. The molecule has 1 N–H and O–H groups in total. The van der Waals surface area contributed by atoms with Gasteiger partial charge < -0.3 is 10.1 Å². The van der Waals surface area contributed by atoms with E-state index in [0.717, 1.165) is 26.3 Å². The summed E-state index contributed by atoms with van der Waals surface area (Å²) in [6.45, 7) is 6.33. The van der Waals surface area contributed by atoms with Crippen LogP contribution in [0.1, 0.15) is 24.6 Å². The maximum atomic E-state index is 5.39. The van der Waals surface area contributed by atoms with Crippen LogP contribution in [0, 0.1) is 5.41 Å². The lowest BCUT2D eigenvalue weighted by Gasteiger charge is -2.33. The Hall–Kier alpha value is -0.380. The van der Waals surface area contributed by atoms with E-state index in [1.807, 2.05) is 11.3 Å². The fourth-order valence-electron chi connectivity index (χ4n) is 1.94. The molecule has 0 aliphatic carbocycles. The molecule has 0 radical (unpaired) electrons. The molecule has 15 heavy (non-hydrogen) atoms. The number of hydrogen-bond donors (Lipinski definition) is 1. The zero-order valence-electron chi connectivity index (χ0n) is 9.29. The van der Waals surface area contributed by atoms with Crippen molar-refractivity contribution in [2.45, 2.75) is 26.3 Å². The molecule has 2 nitrogen and oxygen atoms in total. The van der Waals surface area contributed by atoms with E-state index in [2.05, 4.69) is 29.8 Å². The first-order valence-electron chi connectivity index (χ1n) is 5.59. The van der Waals surface area contributed by atoms with Crippen LogP contribution < -0.4 is 5.32 Å². The monoisotopic (exact) mass is 225 g/mol. The molecule has 1 aromatic rings. The summed E-state index contributed by atoms with van der Waals surface area (Å²) >= 11 is 1.82. The summed E-state index contributed by atoms with van der Waals surface area (Å²) in [4.78, 5) is 1.42. The molecule has 0 bridgehead atoms. The SMILES string of the molecule is CC1(CNCc2cccs2)CCOCC1. The van der Waals surface area contributed by atoms with Crippen LogP contribution in [0.5, 0.6) is 0 Å². The van der Waals surface area contributed by atoms with Gasteiger partial charge in [0.15, 0.2) is 0 Å². The molecule has 84 valence electrons. The highest BCUT2D eigenvalue weighted by Crippen LogP contribution is 2.28. The highest BCUT2D eigenvalue weighted by Gasteiger charge is 2.26. The van der Waals surface area contributed by atoms with E-state index >= 15 is 0 Å². The molecule has 0 saturated carbocycles. The first-order valence-corrected chi connectivity index (χ1v) is 6.47. The molecule has 0 unspecified atom stereocenters. The van der Waals surface area contributed by atoms with E-state index in [1.54, 1.807) is 0 Å². The summed E-state index contributed by atoms with van der Waals surface area (Å²) in [6.07, 6.45) is 2.37. The molecular formula is C12H19NOS. The summed E-state index contributed by atoms with van der Waals surface area (Å²) < 4.78 is 5.39. The van der Waals surface area contributed by atoms with Crippen LogP contribution in [0.15, 0.2) is 17.5 Å². The highest BCUT2D eigenvalue weighted by atomic mass is 32.1. The van der Waals surface area contributed by atoms with Crippen molar-refractivity contribution in [1.82, 2.24) is 5.32 Å². The first kappa shape index (κ1) is 11.1. The van der Waals surface area contributed by atoms with Crippen molar-refractivity contribution in [3.63, 3.8) is 0 Å².